The first-order chi connectivity index (χ1) is 5.83. The molecule has 0 rings (SSSR count). The minimum absolute atomic E-state index is 0.208. The van der Waals surface area contributed by atoms with E-state index >= 15 is 0 Å². The lowest BCUT2D eigenvalue weighted by atomic mass is 10.0. The molecule has 0 amide bonds. The van der Waals surface area contributed by atoms with E-state index in [1.807, 2.05) is 6.92 Å². The van der Waals surface area contributed by atoms with Crippen molar-refractivity contribution in [3.8, 4) is 0 Å². The van der Waals surface area contributed by atoms with Crippen LogP contribution in [0.15, 0.2) is 0 Å². The van der Waals surface area contributed by atoms with Gasteiger partial charge in [0.25, 0.3) is 0 Å². The maximum absolute atomic E-state index is 11.7. The normalized spacial score (nSPS) is 17.1. The SMILES string of the molecule is CCC(C)(CNCC(F)(F)F)OC. The molecule has 13 heavy (non-hydrogen) atoms. The molecular formula is C8H16F3NO. The van der Waals surface area contributed by atoms with Crippen molar-refractivity contribution in [1.82, 2.24) is 5.32 Å². The Morgan fingerprint density at radius 2 is 1.77 bits per heavy atom. The molecule has 0 aliphatic heterocycles. The molecule has 80 valence electrons. The molecule has 0 saturated heterocycles. The van der Waals surface area contributed by atoms with E-state index in [1.165, 1.54) is 7.11 Å². The van der Waals surface area contributed by atoms with Crippen LogP contribution in [0.5, 0.6) is 0 Å². The van der Waals surface area contributed by atoms with Crippen LogP contribution in [0.25, 0.3) is 0 Å². The highest BCUT2D eigenvalue weighted by atomic mass is 19.4. The first kappa shape index (κ1) is 12.7. The zero-order chi connectivity index (χ0) is 10.5. The summed E-state index contributed by atoms with van der Waals surface area (Å²) in [6, 6.07) is 0. The summed E-state index contributed by atoms with van der Waals surface area (Å²) in [4.78, 5) is 0. The van der Waals surface area contributed by atoms with Gasteiger partial charge in [-0.3, -0.25) is 0 Å². The molecule has 0 aliphatic rings. The van der Waals surface area contributed by atoms with Crippen molar-refractivity contribution in [3.63, 3.8) is 0 Å². The van der Waals surface area contributed by atoms with Crippen LogP contribution in [0, 0.1) is 0 Å². The highest BCUT2D eigenvalue weighted by molar-refractivity contribution is 4.76. The van der Waals surface area contributed by atoms with Crippen LogP contribution >= 0.6 is 0 Å². The fourth-order valence-corrected chi connectivity index (χ4v) is 0.810. The van der Waals surface area contributed by atoms with E-state index in [1.54, 1.807) is 6.92 Å². The zero-order valence-electron chi connectivity index (χ0n) is 8.16. The van der Waals surface area contributed by atoms with Gasteiger partial charge in [0.2, 0.25) is 0 Å². The van der Waals surface area contributed by atoms with E-state index < -0.39 is 18.3 Å². The van der Waals surface area contributed by atoms with E-state index in [2.05, 4.69) is 5.32 Å². The second-order valence-corrected chi connectivity index (χ2v) is 3.23. The van der Waals surface area contributed by atoms with Crippen molar-refractivity contribution in [2.24, 2.45) is 0 Å². The monoisotopic (exact) mass is 199 g/mol. The number of nitrogens with one attached hydrogen (secondary N) is 1. The molecule has 2 nitrogen and oxygen atoms in total. The van der Waals surface area contributed by atoms with Crippen molar-refractivity contribution < 1.29 is 17.9 Å². The van der Waals surface area contributed by atoms with Gasteiger partial charge in [-0.05, 0) is 13.3 Å². The van der Waals surface area contributed by atoms with Gasteiger partial charge in [-0.15, -0.1) is 0 Å². The molecule has 1 atom stereocenters. The third-order valence-electron chi connectivity index (χ3n) is 2.07. The third-order valence-corrected chi connectivity index (χ3v) is 2.07. The van der Waals surface area contributed by atoms with Crippen LogP contribution in [0.3, 0.4) is 0 Å². The molecule has 0 aromatic carbocycles. The fourth-order valence-electron chi connectivity index (χ4n) is 0.810. The highest BCUT2D eigenvalue weighted by Crippen LogP contribution is 2.15. The van der Waals surface area contributed by atoms with Crippen molar-refractivity contribution in [2.75, 3.05) is 20.2 Å². The van der Waals surface area contributed by atoms with Gasteiger partial charge in [0, 0.05) is 13.7 Å². The van der Waals surface area contributed by atoms with E-state index in [9.17, 15) is 13.2 Å². The summed E-state index contributed by atoms with van der Waals surface area (Å²) in [6.45, 7) is 2.89. The lowest BCUT2D eigenvalue weighted by molar-refractivity contribution is -0.127. The van der Waals surface area contributed by atoms with Crippen molar-refractivity contribution in [3.05, 3.63) is 0 Å². The van der Waals surface area contributed by atoms with E-state index in [-0.39, 0.29) is 6.54 Å². The molecule has 1 unspecified atom stereocenters. The minimum atomic E-state index is -4.15. The molecule has 5 heteroatoms. The molecule has 0 aliphatic carbocycles. The Balaban J connectivity index is 3.74. The van der Waals surface area contributed by atoms with Gasteiger partial charge in [-0.1, -0.05) is 6.92 Å². The van der Waals surface area contributed by atoms with Crippen LogP contribution in [-0.2, 0) is 4.74 Å². The summed E-state index contributed by atoms with van der Waals surface area (Å²) in [6.07, 6.45) is -3.48. The van der Waals surface area contributed by atoms with Gasteiger partial charge < -0.3 is 10.1 Å². The summed E-state index contributed by atoms with van der Waals surface area (Å²) in [5.41, 5.74) is -0.509. The van der Waals surface area contributed by atoms with Crippen LogP contribution in [0.1, 0.15) is 20.3 Å². The second kappa shape index (κ2) is 4.81. The summed E-state index contributed by atoms with van der Waals surface area (Å²) >= 11 is 0. The van der Waals surface area contributed by atoms with Gasteiger partial charge in [-0.25, -0.2) is 0 Å². The molecule has 0 spiro atoms. The van der Waals surface area contributed by atoms with Gasteiger partial charge in [0.15, 0.2) is 0 Å². The van der Waals surface area contributed by atoms with E-state index in [0.29, 0.717) is 6.42 Å². The first-order valence-corrected chi connectivity index (χ1v) is 4.15. The Morgan fingerprint density at radius 1 is 1.23 bits per heavy atom. The van der Waals surface area contributed by atoms with Crippen LogP contribution < -0.4 is 5.32 Å². The van der Waals surface area contributed by atoms with Gasteiger partial charge in [0.1, 0.15) is 0 Å². The Labute approximate surface area is 76.5 Å². The number of alkyl halides is 3. The standard InChI is InChI=1S/C8H16F3NO/c1-4-7(2,13-3)5-12-6-8(9,10)11/h12H,4-6H2,1-3H3. The quantitative estimate of drug-likeness (QED) is 0.730. The average Bonchev–Trinajstić information content (AvgIpc) is 2.02. The van der Waals surface area contributed by atoms with Crippen molar-refractivity contribution in [1.29, 1.82) is 0 Å². The third kappa shape index (κ3) is 5.87. The highest BCUT2D eigenvalue weighted by Gasteiger charge is 2.28. The molecule has 0 fully saturated rings. The lowest BCUT2D eigenvalue weighted by Crippen LogP contribution is -2.42. The van der Waals surface area contributed by atoms with Gasteiger partial charge in [-0.2, -0.15) is 13.2 Å². The summed E-state index contributed by atoms with van der Waals surface area (Å²) in [7, 11) is 1.50. The Hall–Kier alpha value is -0.290. The Bertz CT molecular complexity index is 143. The molecule has 0 saturated carbocycles. The smallest absolute Gasteiger partial charge is 0.377 e. The lowest BCUT2D eigenvalue weighted by Gasteiger charge is -2.27. The summed E-state index contributed by atoms with van der Waals surface area (Å²) in [5.74, 6) is 0. The van der Waals surface area contributed by atoms with Gasteiger partial charge in [0.05, 0.1) is 12.1 Å². The Kier molecular flexibility index (Phi) is 4.70. The van der Waals surface area contributed by atoms with Crippen molar-refractivity contribution in [2.45, 2.75) is 32.0 Å². The molecule has 0 radical (unpaired) electrons. The molecule has 0 aromatic heterocycles. The number of halogens is 3. The molecule has 0 heterocycles. The number of hydrogen-bond donors (Lipinski definition) is 1. The van der Waals surface area contributed by atoms with Crippen molar-refractivity contribution >= 4 is 0 Å². The molecule has 1 N–H and O–H groups in total. The van der Waals surface area contributed by atoms with E-state index in [4.69, 9.17) is 4.74 Å². The topological polar surface area (TPSA) is 21.3 Å². The van der Waals surface area contributed by atoms with Crippen LogP contribution in [0.4, 0.5) is 13.2 Å². The maximum atomic E-state index is 11.7. The molecule has 0 bridgehead atoms. The van der Waals surface area contributed by atoms with Crippen LogP contribution in [0.2, 0.25) is 0 Å². The fraction of sp³-hybridized carbons (Fsp3) is 1.00. The second-order valence-electron chi connectivity index (χ2n) is 3.23. The number of ether oxygens (including phenoxy) is 1. The maximum Gasteiger partial charge on any atom is 0.401 e. The number of rotatable bonds is 5. The Morgan fingerprint density at radius 3 is 2.08 bits per heavy atom. The number of methoxy groups -OCH3 is 1. The average molecular weight is 199 g/mol. The van der Waals surface area contributed by atoms with E-state index in [0.717, 1.165) is 0 Å². The summed E-state index contributed by atoms with van der Waals surface area (Å²) in [5, 5.41) is 2.32. The zero-order valence-corrected chi connectivity index (χ0v) is 8.16. The minimum Gasteiger partial charge on any atom is -0.377 e. The summed E-state index contributed by atoms with van der Waals surface area (Å²) < 4.78 is 40.3. The van der Waals surface area contributed by atoms with Gasteiger partial charge >= 0.3 is 6.18 Å². The molecular weight excluding hydrogens is 183 g/mol. The van der Waals surface area contributed by atoms with Crippen LogP contribution in [-0.4, -0.2) is 32.0 Å². The number of hydrogen-bond acceptors (Lipinski definition) is 2. The predicted molar refractivity (Wildman–Crippen MR) is 44.6 cm³/mol. The predicted octanol–water partition coefficient (Wildman–Crippen LogP) is 1.95. The molecule has 0 aromatic rings. The largest absolute Gasteiger partial charge is 0.401 e. The first-order valence-electron chi connectivity index (χ1n) is 4.15.